The van der Waals surface area contributed by atoms with Crippen molar-refractivity contribution in [1.29, 1.82) is 0 Å². The first kappa shape index (κ1) is 20.9. The van der Waals surface area contributed by atoms with E-state index in [2.05, 4.69) is 34.3 Å². The minimum absolute atomic E-state index is 0.112. The number of anilines is 1. The molecular formula is C23H22N4O3S. The van der Waals surface area contributed by atoms with Crippen LogP contribution in [0.3, 0.4) is 0 Å². The molecule has 1 aromatic carbocycles. The second-order valence-electron chi connectivity index (χ2n) is 6.74. The van der Waals surface area contributed by atoms with Crippen LogP contribution in [0.2, 0.25) is 0 Å². The number of nitrogens with one attached hydrogen (secondary N) is 1. The summed E-state index contributed by atoms with van der Waals surface area (Å²) in [5.74, 6) is 1.15. The van der Waals surface area contributed by atoms with Crippen molar-refractivity contribution in [3.05, 3.63) is 66.1 Å². The number of carbonyl (C=O) groups is 1. The van der Waals surface area contributed by atoms with Crippen molar-refractivity contribution in [2.45, 2.75) is 31.8 Å². The highest BCUT2D eigenvalue weighted by Gasteiger charge is 2.18. The van der Waals surface area contributed by atoms with Gasteiger partial charge in [-0.25, -0.2) is 4.98 Å². The third-order valence-electron chi connectivity index (χ3n) is 4.77. The van der Waals surface area contributed by atoms with Gasteiger partial charge in [-0.15, -0.1) is 10.2 Å². The van der Waals surface area contributed by atoms with E-state index in [1.165, 1.54) is 11.8 Å². The molecule has 0 saturated carbocycles. The summed E-state index contributed by atoms with van der Waals surface area (Å²) in [5, 5.41) is 11.9. The highest BCUT2D eigenvalue weighted by molar-refractivity contribution is 7.99. The SMILES string of the molecule is CCc1cccc(CC)c1NC(=O)CSc1nnc(-c2ccco2)c(-c2ccco2)n1. The highest BCUT2D eigenvalue weighted by atomic mass is 32.2. The molecule has 0 aliphatic rings. The third-order valence-corrected chi connectivity index (χ3v) is 5.61. The van der Waals surface area contributed by atoms with Gasteiger partial charge in [0.1, 0.15) is 5.69 Å². The van der Waals surface area contributed by atoms with Crippen LogP contribution in [0.5, 0.6) is 0 Å². The molecule has 3 aromatic heterocycles. The number of para-hydroxylation sites is 1. The Morgan fingerprint density at radius 1 is 0.903 bits per heavy atom. The Balaban J connectivity index is 1.52. The van der Waals surface area contributed by atoms with E-state index < -0.39 is 0 Å². The molecule has 1 N–H and O–H groups in total. The highest BCUT2D eigenvalue weighted by Crippen LogP contribution is 2.30. The van der Waals surface area contributed by atoms with Gasteiger partial charge in [-0.2, -0.15) is 0 Å². The van der Waals surface area contributed by atoms with Crippen molar-refractivity contribution < 1.29 is 13.6 Å². The lowest BCUT2D eigenvalue weighted by Gasteiger charge is -2.14. The lowest BCUT2D eigenvalue weighted by Crippen LogP contribution is -2.17. The van der Waals surface area contributed by atoms with Crippen LogP contribution in [-0.2, 0) is 17.6 Å². The fourth-order valence-electron chi connectivity index (χ4n) is 3.25. The Bertz CT molecular complexity index is 1140. The minimum Gasteiger partial charge on any atom is -0.463 e. The fourth-order valence-corrected chi connectivity index (χ4v) is 3.83. The molecule has 0 fully saturated rings. The summed E-state index contributed by atoms with van der Waals surface area (Å²) in [6.07, 6.45) is 4.84. The molecule has 0 atom stereocenters. The molecule has 4 rings (SSSR count). The Kier molecular flexibility index (Phi) is 6.47. The number of hydrogen-bond donors (Lipinski definition) is 1. The maximum Gasteiger partial charge on any atom is 0.234 e. The first-order chi connectivity index (χ1) is 15.2. The Hall–Kier alpha value is -3.39. The fraction of sp³-hybridized carbons (Fsp3) is 0.217. The van der Waals surface area contributed by atoms with Crippen LogP contribution in [0.25, 0.3) is 22.9 Å². The number of amides is 1. The number of hydrogen-bond acceptors (Lipinski definition) is 7. The van der Waals surface area contributed by atoms with E-state index in [4.69, 9.17) is 8.83 Å². The topological polar surface area (TPSA) is 94.1 Å². The molecule has 31 heavy (non-hydrogen) atoms. The molecule has 0 unspecified atom stereocenters. The minimum atomic E-state index is -0.112. The molecule has 1 amide bonds. The zero-order chi connectivity index (χ0) is 21.6. The summed E-state index contributed by atoms with van der Waals surface area (Å²) in [7, 11) is 0. The number of aromatic nitrogens is 3. The summed E-state index contributed by atoms with van der Waals surface area (Å²) >= 11 is 1.22. The Morgan fingerprint density at radius 3 is 2.13 bits per heavy atom. The van der Waals surface area contributed by atoms with Crippen molar-refractivity contribution in [1.82, 2.24) is 15.2 Å². The van der Waals surface area contributed by atoms with Crippen molar-refractivity contribution in [2.24, 2.45) is 0 Å². The number of thioether (sulfide) groups is 1. The lowest BCUT2D eigenvalue weighted by atomic mass is 10.0. The van der Waals surface area contributed by atoms with Gasteiger partial charge >= 0.3 is 0 Å². The van der Waals surface area contributed by atoms with Crippen LogP contribution >= 0.6 is 11.8 Å². The van der Waals surface area contributed by atoms with Crippen LogP contribution in [0.1, 0.15) is 25.0 Å². The monoisotopic (exact) mass is 434 g/mol. The van der Waals surface area contributed by atoms with E-state index >= 15 is 0 Å². The van der Waals surface area contributed by atoms with E-state index in [9.17, 15) is 4.79 Å². The summed E-state index contributed by atoms with van der Waals surface area (Å²) in [6.45, 7) is 4.16. The molecule has 0 aliphatic carbocycles. The van der Waals surface area contributed by atoms with Crippen molar-refractivity contribution in [2.75, 3.05) is 11.1 Å². The third kappa shape index (κ3) is 4.69. The molecule has 0 saturated heterocycles. The summed E-state index contributed by atoms with van der Waals surface area (Å²) in [5.41, 5.74) is 4.15. The molecule has 0 radical (unpaired) electrons. The molecule has 158 valence electrons. The predicted octanol–water partition coefficient (Wildman–Crippen LogP) is 5.25. The maximum atomic E-state index is 12.6. The van der Waals surface area contributed by atoms with Crippen LogP contribution in [-0.4, -0.2) is 26.8 Å². The first-order valence-electron chi connectivity index (χ1n) is 10.1. The van der Waals surface area contributed by atoms with Gasteiger partial charge in [-0.1, -0.05) is 43.8 Å². The Morgan fingerprint density at radius 2 is 1.55 bits per heavy atom. The van der Waals surface area contributed by atoms with E-state index in [0.29, 0.717) is 28.1 Å². The van der Waals surface area contributed by atoms with Gasteiger partial charge in [0.25, 0.3) is 0 Å². The quantitative estimate of drug-likeness (QED) is 0.379. The smallest absolute Gasteiger partial charge is 0.234 e. The van der Waals surface area contributed by atoms with Crippen molar-refractivity contribution in [3.8, 4) is 22.9 Å². The largest absolute Gasteiger partial charge is 0.463 e. The zero-order valence-corrected chi connectivity index (χ0v) is 18.1. The zero-order valence-electron chi connectivity index (χ0n) is 17.3. The summed E-state index contributed by atoms with van der Waals surface area (Å²) < 4.78 is 11.0. The second kappa shape index (κ2) is 9.61. The second-order valence-corrected chi connectivity index (χ2v) is 7.68. The van der Waals surface area contributed by atoms with Gasteiger partial charge in [0.2, 0.25) is 11.1 Å². The van der Waals surface area contributed by atoms with Crippen LogP contribution in [0.4, 0.5) is 5.69 Å². The predicted molar refractivity (Wildman–Crippen MR) is 120 cm³/mol. The molecular weight excluding hydrogens is 412 g/mol. The maximum absolute atomic E-state index is 12.6. The van der Waals surface area contributed by atoms with Crippen LogP contribution in [0, 0.1) is 0 Å². The van der Waals surface area contributed by atoms with E-state index in [0.717, 1.165) is 29.7 Å². The molecule has 3 heterocycles. The molecule has 4 aromatic rings. The molecule has 0 bridgehead atoms. The molecule has 7 nitrogen and oxygen atoms in total. The molecule has 8 heteroatoms. The van der Waals surface area contributed by atoms with Gasteiger partial charge in [-0.3, -0.25) is 4.79 Å². The van der Waals surface area contributed by atoms with Crippen LogP contribution in [0.15, 0.2) is 69.0 Å². The summed E-state index contributed by atoms with van der Waals surface area (Å²) in [4.78, 5) is 17.2. The van der Waals surface area contributed by atoms with E-state index in [1.54, 1.807) is 36.8 Å². The van der Waals surface area contributed by atoms with Gasteiger partial charge < -0.3 is 14.2 Å². The van der Waals surface area contributed by atoms with Crippen molar-refractivity contribution >= 4 is 23.4 Å². The van der Waals surface area contributed by atoms with E-state index in [1.807, 2.05) is 18.2 Å². The number of carbonyl (C=O) groups excluding carboxylic acids is 1. The van der Waals surface area contributed by atoms with Crippen LogP contribution < -0.4 is 5.32 Å². The average Bonchev–Trinajstić information content (AvgIpc) is 3.52. The normalized spacial score (nSPS) is 10.9. The van der Waals surface area contributed by atoms with Gasteiger partial charge in [0.15, 0.2) is 17.2 Å². The standard InChI is InChI=1S/C23H22N4O3S/c1-3-15-8-5-9-16(4-2)20(15)24-19(28)14-31-23-25-21(17-10-6-12-29-17)22(26-27-23)18-11-7-13-30-18/h5-13H,3-4,14H2,1-2H3,(H,24,28). The Labute approximate surface area is 184 Å². The molecule has 0 aliphatic heterocycles. The van der Waals surface area contributed by atoms with Gasteiger partial charge in [0.05, 0.1) is 18.3 Å². The number of aryl methyl sites for hydroxylation is 2. The number of furan rings is 2. The van der Waals surface area contributed by atoms with Gasteiger partial charge in [-0.05, 0) is 48.2 Å². The average molecular weight is 435 g/mol. The van der Waals surface area contributed by atoms with Gasteiger partial charge in [0, 0.05) is 5.69 Å². The molecule has 0 spiro atoms. The number of benzene rings is 1. The first-order valence-corrected chi connectivity index (χ1v) is 11.0. The number of rotatable bonds is 8. The number of nitrogens with zero attached hydrogens (tertiary/aromatic N) is 3. The summed E-state index contributed by atoms with van der Waals surface area (Å²) in [6, 6.07) is 13.2. The van der Waals surface area contributed by atoms with Crippen molar-refractivity contribution in [3.63, 3.8) is 0 Å². The lowest BCUT2D eigenvalue weighted by molar-refractivity contribution is -0.113. The van der Waals surface area contributed by atoms with E-state index in [-0.39, 0.29) is 11.7 Å².